The molecule has 1 saturated heterocycles. The normalized spacial score (nSPS) is 20.2. The summed E-state index contributed by atoms with van der Waals surface area (Å²) in [5, 5.41) is 12.4. The molecule has 1 fully saturated rings. The smallest absolute Gasteiger partial charge is 0.337 e. The molecule has 1 aliphatic rings. The van der Waals surface area contributed by atoms with Crippen molar-refractivity contribution in [3.8, 4) is 0 Å². The average Bonchev–Trinajstić information content (AvgIpc) is 2.38. The number of nitrogens with one attached hydrogen (secondary N) is 1. The van der Waals surface area contributed by atoms with Gasteiger partial charge in [0.25, 0.3) is 0 Å². The van der Waals surface area contributed by atoms with Crippen molar-refractivity contribution in [2.24, 2.45) is 0 Å². The molecule has 1 unspecified atom stereocenters. The molecule has 1 aliphatic heterocycles. The van der Waals surface area contributed by atoms with Crippen molar-refractivity contribution in [1.29, 1.82) is 0 Å². The van der Waals surface area contributed by atoms with Gasteiger partial charge in [-0.25, -0.2) is 4.79 Å². The van der Waals surface area contributed by atoms with Crippen LogP contribution in [0.15, 0.2) is 18.2 Å². The maximum atomic E-state index is 11.2. The largest absolute Gasteiger partial charge is 0.478 e. The number of aromatic carboxylic acids is 1. The molecule has 1 aromatic carbocycles. The number of carbonyl (C=O) groups is 1. The van der Waals surface area contributed by atoms with Gasteiger partial charge in [0.1, 0.15) is 0 Å². The minimum atomic E-state index is -0.952. The molecule has 0 bridgehead atoms. The number of likely N-dealkylation sites (N-methyl/N-ethyl adjacent to an activating group) is 1. The minimum Gasteiger partial charge on any atom is -0.478 e. The molecule has 1 atom stereocenters. The lowest BCUT2D eigenvalue weighted by Gasteiger charge is -2.33. The van der Waals surface area contributed by atoms with Crippen molar-refractivity contribution in [2.75, 3.05) is 31.2 Å². The zero-order valence-electron chi connectivity index (χ0n) is 11.2. The number of hydrogen-bond donors (Lipinski definition) is 3. The second-order valence-electron chi connectivity index (χ2n) is 5.09. The van der Waals surface area contributed by atoms with Crippen LogP contribution < -0.4 is 11.1 Å². The van der Waals surface area contributed by atoms with Crippen molar-refractivity contribution < 1.29 is 9.90 Å². The molecule has 5 nitrogen and oxygen atoms in total. The fraction of sp³-hybridized carbons (Fsp3) is 0.500. The van der Waals surface area contributed by atoms with Crippen LogP contribution in [-0.4, -0.2) is 42.2 Å². The number of anilines is 2. The van der Waals surface area contributed by atoms with Crippen LogP contribution in [0.5, 0.6) is 0 Å². The van der Waals surface area contributed by atoms with E-state index in [2.05, 4.69) is 17.3 Å². The summed E-state index contributed by atoms with van der Waals surface area (Å²) in [6.45, 7) is 1.83. The molecule has 5 heteroatoms. The quantitative estimate of drug-likeness (QED) is 0.723. The van der Waals surface area contributed by atoms with E-state index in [0.29, 0.717) is 17.4 Å². The molecule has 19 heavy (non-hydrogen) atoms. The number of hydrogen-bond acceptors (Lipinski definition) is 4. The molecule has 0 amide bonds. The number of piperidine rings is 1. The van der Waals surface area contributed by atoms with Crippen LogP contribution in [-0.2, 0) is 0 Å². The van der Waals surface area contributed by atoms with Gasteiger partial charge in [0.2, 0.25) is 0 Å². The van der Waals surface area contributed by atoms with Gasteiger partial charge in [-0.3, -0.25) is 0 Å². The molecule has 1 aromatic rings. The van der Waals surface area contributed by atoms with Gasteiger partial charge in [-0.05, 0) is 38.6 Å². The highest BCUT2D eigenvalue weighted by atomic mass is 16.4. The molecule has 0 aromatic heterocycles. The second-order valence-corrected chi connectivity index (χ2v) is 5.09. The van der Waals surface area contributed by atoms with E-state index in [0.717, 1.165) is 19.5 Å². The number of nitrogens with two attached hydrogens (primary N) is 1. The van der Waals surface area contributed by atoms with E-state index in [9.17, 15) is 9.90 Å². The number of para-hydroxylation sites is 1. The lowest BCUT2D eigenvalue weighted by atomic mass is 10.0. The Hall–Kier alpha value is -1.75. The van der Waals surface area contributed by atoms with Gasteiger partial charge in [-0.1, -0.05) is 12.5 Å². The molecule has 0 saturated carbocycles. The number of carboxylic acids is 1. The standard InChI is InChI=1S/C14H21N3O2/c1-17-8-3-2-5-10(17)9-16-13-11(14(18)19)6-4-7-12(13)15/h4,6-7,10,16H,2-3,5,8-9,15H2,1H3,(H,18,19). The van der Waals surface area contributed by atoms with Gasteiger partial charge in [0, 0.05) is 12.6 Å². The van der Waals surface area contributed by atoms with Crippen LogP contribution in [0.2, 0.25) is 0 Å². The lowest BCUT2D eigenvalue weighted by molar-refractivity contribution is 0.0698. The molecule has 0 radical (unpaired) electrons. The molecule has 0 aliphatic carbocycles. The van der Waals surface area contributed by atoms with Gasteiger partial charge >= 0.3 is 5.97 Å². The van der Waals surface area contributed by atoms with Crippen molar-refractivity contribution in [3.05, 3.63) is 23.8 Å². The van der Waals surface area contributed by atoms with Crippen molar-refractivity contribution in [3.63, 3.8) is 0 Å². The van der Waals surface area contributed by atoms with Gasteiger partial charge in [0.05, 0.1) is 16.9 Å². The average molecular weight is 263 g/mol. The van der Waals surface area contributed by atoms with Crippen molar-refractivity contribution in [2.45, 2.75) is 25.3 Å². The van der Waals surface area contributed by atoms with E-state index in [1.807, 2.05) is 0 Å². The molecule has 1 heterocycles. The maximum absolute atomic E-state index is 11.2. The second kappa shape index (κ2) is 5.93. The van der Waals surface area contributed by atoms with Crippen LogP contribution >= 0.6 is 0 Å². The summed E-state index contributed by atoms with van der Waals surface area (Å²) in [6.07, 6.45) is 3.60. The Morgan fingerprint density at radius 1 is 1.53 bits per heavy atom. The number of likely N-dealkylation sites (tertiary alicyclic amines) is 1. The fourth-order valence-electron chi connectivity index (χ4n) is 2.57. The predicted octanol–water partition coefficient (Wildman–Crippen LogP) is 1.86. The Balaban J connectivity index is 2.08. The van der Waals surface area contributed by atoms with Gasteiger partial charge < -0.3 is 21.1 Å². The third-order valence-electron chi connectivity index (χ3n) is 3.76. The first-order chi connectivity index (χ1) is 9.09. The molecular formula is C14H21N3O2. The SMILES string of the molecule is CN1CCCCC1CNc1c(N)cccc1C(=O)O. The molecular weight excluding hydrogens is 242 g/mol. The van der Waals surface area contributed by atoms with Crippen LogP contribution in [0.3, 0.4) is 0 Å². The Morgan fingerprint density at radius 3 is 3.00 bits per heavy atom. The number of nitrogens with zero attached hydrogens (tertiary/aromatic N) is 1. The Labute approximate surface area is 113 Å². The van der Waals surface area contributed by atoms with E-state index in [-0.39, 0.29) is 5.56 Å². The van der Waals surface area contributed by atoms with Crippen LogP contribution in [0.25, 0.3) is 0 Å². The zero-order chi connectivity index (χ0) is 13.8. The van der Waals surface area contributed by atoms with E-state index >= 15 is 0 Å². The Morgan fingerprint density at radius 2 is 2.32 bits per heavy atom. The molecule has 104 valence electrons. The first kappa shape index (κ1) is 13.7. The van der Waals surface area contributed by atoms with Crippen LogP contribution in [0.1, 0.15) is 29.6 Å². The Bertz CT molecular complexity index is 462. The molecule has 0 spiro atoms. The van der Waals surface area contributed by atoms with Crippen LogP contribution in [0, 0.1) is 0 Å². The maximum Gasteiger partial charge on any atom is 0.337 e. The number of rotatable bonds is 4. The van der Waals surface area contributed by atoms with E-state index in [4.69, 9.17) is 5.73 Å². The summed E-state index contributed by atoms with van der Waals surface area (Å²) in [7, 11) is 2.11. The summed E-state index contributed by atoms with van der Waals surface area (Å²) in [5.41, 5.74) is 7.13. The lowest BCUT2D eigenvalue weighted by Crippen LogP contribution is -2.41. The third kappa shape index (κ3) is 3.17. The highest BCUT2D eigenvalue weighted by molar-refractivity contribution is 5.97. The van der Waals surface area contributed by atoms with E-state index in [1.165, 1.54) is 12.8 Å². The summed E-state index contributed by atoms with van der Waals surface area (Å²) < 4.78 is 0. The minimum absolute atomic E-state index is 0.235. The highest BCUT2D eigenvalue weighted by Crippen LogP contribution is 2.24. The Kier molecular flexibility index (Phi) is 4.27. The van der Waals surface area contributed by atoms with Crippen molar-refractivity contribution in [1.82, 2.24) is 4.90 Å². The molecule has 4 N–H and O–H groups in total. The summed E-state index contributed by atoms with van der Waals surface area (Å²) in [4.78, 5) is 13.5. The summed E-state index contributed by atoms with van der Waals surface area (Å²) in [5.74, 6) is -0.952. The number of carboxylic acid groups (broad SMARTS) is 1. The predicted molar refractivity (Wildman–Crippen MR) is 76.6 cm³/mol. The van der Waals surface area contributed by atoms with E-state index in [1.54, 1.807) is 18.2 Å². The van der Waals surface area contributed by atoms with Crippen molar-refractivity contribution >= 4 is 17.3 Å². The monoisotopic (exact) mass is 263 g/mol. The molecule has 2 rings (SSSR count). The number of benzene rings is 1. The first-order valence-corrected chi connectivity index (χ1v) is 6.65. The van der Waals surface area contributed by atoms with Gasteiger partial charge in [-0.15, -0.1) is 0 Å². The van der Waals surface area contributed by atoms with Crippen LogP contribution in [0.4, 0.5) is 11.4 Å². The third-order valence-corrected chi connectivity index (χ3v) is 3.76. The highest BCUT2D eigenvalue weighted by Gasteiger charge is 2.20. The van der Waals surface area contributed by atoms with E-state index < -0.39 is 5.97 Å². The van der Waals surface area contributed by atoms with Gasteiger partial charge in [-0.2, -0.15) is 0 Å². The zero-order valence-corrected chi connectivity index (χ0v) is 11.2. The van der Waals surface area contributed by atoms with Gasteiger partial charge in [0.15, 0.2) is 0 Å². The fourth-order valence-corrected chi connectivity index (χ4v) is 2.57. The topological polar surface area (TPSA) is 78.6 Å². The number of nitrogen functional groups attached to an aromatic ring is 1. The summed E-state index contributed by atoms with van der Waals surface area (Å²) >= 11 is 0. The summed E-state index contributed by atoms with van der Waals surface area (Å²) in [6, 6.07) is 5.40. The first-order valence-electron chi connectivity index (χ1n) is 6.65.